The number of rotatable bonds is 3. The van der Waals surface area contributed by atoms with Crippen LogP contribution in [-0.2, 0) is 18.0 Å². The van der Waals surface area contributed by atoms with E-state index >= 15 is 0 Å². The molecule has 2 nitrogen and oxygen atoms in total. The fraction of sp³-hybridized carbons (Fsp3) is 0.294. The minimum absolute atomic E-state index is 0.190. The minimum atomic E-state index is 0.190. The molecule has 0 spiro atoms. The number of halogens is 1. The Kier molecular flexibility index (Phi) is 3.92. The molecular formula is C17H18BrNO. The average Bonchev–Trinajstić information content (AvgIpc) is 2.91. The molecule has 20 heavy (non-hydrogen) atoms. The van der Waals surface area contributed by atoms with Gasteiger partial charge in [0, 0.05) is 4.47 Å². The Bertz CT molecular complexity index is 639. The quantitative estimate of drug-likeness (QED) is 0.914. The molecule has 0 bridgehead atoms. The van der Waals surface area contributed by atoms with Gasteiger partial charge >= 0.3 is 0 Å². The highest BCUT2D eigenvalue weighted by Gasteiger charge is 2.18. The smallest absolute Gasteiger partial charge is 0.0725 e. The van der Waals surface area contributed by atoms with E-state index in [1.165, 1.54) is 27.8 Å². The maximum absolute atomic E-state index is 5.50. The van der Waals surface area contributed by atoms with E-state index in [4.69, 9.17) is 4.74 Å². The van der Waals surface area contributed by atoms with Gasteiger partial charge in [-0.2, -0.15) is 0 Å². The summed E-state index contributed by atoms with van der Waals surface area (Å²) in [5.41, 5.74) is 6.45. The van der Waals surface area contributed by atoms with E-state index in [0.29, 0.717) is 0 Å². The molecule has 0 radical (unpaired) electrons. The van der Waals surface area contributed by atoms with Gasteiger partial charge < -0.3 is 10.1 Å². The van der Waals surface area contributed by atoms with E-state index in [0.717, 1.165) is 17.7 Å². The molecule has 3 rings (SSSR count). The van der Waals surface area contributed by atoms with Crippen LogP contribution < -0.4 is 5.32 Å². The van der Waals surface area contributed by atoms with E-state index in [1.807, 2.05) is 7.05 Å². The summed E-state index contributed by atoms with van der Waals surface area (Å²) in [7, 11) is 2.00. The maximum atomic E-state index is 5.50. The van der Waals surface area contributed by atoms with Gasteiger partial charge in [0.15, 0.2) is 0 Å². The summed E-state index contributed by atoms with van der Waals surface area (Å²) < 4.78 is 6.64. The predicted molar refractivity (Wildman–Crippen MR) is 84.7 cm³/mol. The predicted octanol–water partition coefficient (Wildman–Crippen LogP) is 4.10. The fourth-order valence-corrected chi connectivity index (χ4v) is 3.23. The SMILES string of the molecule is CNC(c1ccc2c(c1)COC2)c1cc(C)ccc1Br. The van der Waals surface area contributed by atoms with Crippen molar-refractivity contribution in [2.45, 2.75) is 26.2 Å². The summed E-state index contributed by atoms with van der Waals surface area (Å²) in [5.74, 6) is 0. The summed E-state index contributed by atoms with van der Waals surface area (Å²) in [6.45, 7) is 3.60. The molecule has 0 aromatic heterocycles. The van der Waals surface area contributed by atoms with Crippen LogP contribution in [0.25, 0.3) is 0 Å². The van der Waals surface area contributed by atoms with Crippen LogP contribution in [0.2, 0.25) is 0 Å². The van der Waals surface area contributed by atoms with E-state index in [1.54, 1.807) is 0 Å². The molecule has 104 valence electrons. The van der Waals surface area contributed by atoms with Crippen LogP contribution in [0.3, 0.4) is 0 Å². The molecule has 1 unspecified atom stereocenters. The average molecular weight is 332 g/mol. The van der Waals surface area contributed by atoms with Crippen molar-refractivity contribution in [3.63, 3.8) is 0 Å². The topological polar surface area (TPSA) is 21.3 Å². The van der Waals surface area contributed by atoms with Crippen LogP contribution in [-0.4, -0.2) is 7.05 Å². The van der Waals surface area contributed by atoms with Gasteiger partial charge in [-0.05, 0) is 42.3 Å². The Morgan fingerprint density at radius 3 is 2.70 bits per heavy atom. The Morgan fingerprint density at radius 2 is 1.90 bits per heavy atom. The lowest BCUT2D eigenvalue weighted by atomic mass is 9.95. The first kappa shape index (κ1) is 13.8. The molecule has 0 fully saturated rings. The van der Waals surface area contributed by atoms with Crippen LogP contribution in [0.4, 0.5) is 0 Å². The van der Waals surface area contributed by atoms with Crippen LogP contribution >= 0.6 is 15.9 Å². The third kappa shape index (κ3) is 2.53. The van der Waals surface area contributed by atoms with Crippen molar-refractivity contribution >= 4 is 15.9 Å². The van der Waals surface area contributed by atoms with Crippen LogP contribution in [0.1, 0.15) is 33.9 Å². The molecular weight excluding hydrogens is 314 g/mol. The summed E-state index contributed by atoms with van der Waals surface area (Å²) >= 11 is 3.67. The highest BCUT2D eigenvalue weighted by atomic mass is 79.9. The maximum Gasteiger partial charge on any atom is 0.0725 e. The van der Waals surface area contributed by atoms with Crippen molar-refractivity contribution in [3.05, 3.63) is 68.7 Å². The van der Waals surface area contributed by atoms with Crippen LogP contribution in [0.15, 0.2) is 40.9 Å². The third-order valence-corrected chi connectivity index (χ3v) is 4.55. The molecule has 0 saturated carbocycles. The summed E-state index contributed by atoms with van der Waals surface area (Å²) in [5, 5.41) is 3.42. The van der Waals surface area contributed by atoms with Crippen molar-refractivity contribution < 1.29 is 4.74 Å². The first-order valence-corrected chi connectivity index (χ1v) is 7.61. The fourth-order valence-electron chi connectivity index (χ4n) is 2.76. The molecule has 0 amide bonds. The number of hydrogen-bond acceptors (Lipinski definition) is 2. The Morgan fingerprint density at radius 1 is 1.10 bits per heavy atom. The van der Waals surface area contributed by atoms with Crippen molar-refractivity contribution in [3.8, 4) is 0 Å². The number of aryl methyl sites for hydroxylation is 1. The Balaban J connectivity index is 2.03. The lowest BCUT2D eigenvalue weighted by Crippen LogP contribution is -2.18. The standard InChI is InChI=1S/C17H18BrNO/c1-11-3-6-16(18)15(7-11)17(19-2)12-4-5-13-9-20-10-14(13)8-12/h3-8,17,19H,9-10H2,1-2H3. The zero-order valence-corrected chi connectivity index (χ0v) is 13.3. The van der Waals surface area contributed by atoms with Gasteiger partial charge in [-0.15, -0.1) is 0 Å². The molecule has 2 aromatic rings. The monoisotopic (exact) mass is 331 g/mol. The molecule has 1 heterocycles. The largest absolute Gasteiger partial charge is 0.372 e. The summed E-state index contributed by atoms with van der Waals surface area (Å²) in [6.07, 6.45) is 0. The van der Waals surface area contributed by atoms with Gasteiger partial charge in [0.05, 0.1) is 19.3 Å². The zero-order chi connectivity index (χ0) is 14.1. The van der Waals surface area contributed by atoms with E-state index in [2.05, 4.69) is 64.6 Å². The molecule has 0 saturated heterocycles. The Labute approximate surface area is 128 Å². The van der Waals surface area contributed by atoms with E-state index in [9.17, 15) is 0 Å². The van der Waals surface area contributed by atoms with Gasteiger partial charge in [-0.25, -0.2) is 0 Å². The van der Waals surface area contributed by atoms with Gasteiger partial charge in [0.1, 0.15) is 0 Å². The van der Waals surface area contributed by atoms with Crippen LogP contribution in [0, 0.1) is 6.92 Å². The number of ether oxygens (including phenoxy) is 1. The molecule has 2 aromatic carbocycles. The van der Waals surface area contributed by atoms with Crippen molar-refractivity contribution in [2.75, 3.05) is 7.05 Å². The van der Waals surface area contributed by atoms with Crippen LogP contribution in [0.5, 0.6) is 0 Å². The third-order valence-electron chi connectivity index (χ3n) is 3.83. The summed E-state index contributed by atoms with van der Waals surface area (Å²) in [6, 6.07) is 13.3. The normalized spacial score (nSPS) is 15.2. The highest BCUT2D eigenvalue weighted by molar-refractivity contribution is 9.10. The van der Waals surface area contributed by atoms with Gasteiger partial charge in [0.25, 0.3) is 0 Å². The molecule has 3 heteroatoms. The molecule has 0 aliphatic carbocycles. The lowest BCUT2D eigenvalue weighted by Gasteiger charge is -2.20. The van der Waals surface area contributed by atoms with Gasteiger partial charge in [-0.1, -0.05) is 51.8 Å². The summed E-state index contributed by atoms with van der Waals surface area (Å²) in [4.78, 5) is 0. The number of fused-ring (bicyclic) bond motifs is 1. The minimum Gasteiger partial charge on any atom is -0.372 e. The molecule has 1 N–H and O–H groups in total. The zero-order valence-electron chi connectivity index (χ0n) is 11.7. The van der Waals surface area contributed by atoms with Gasteiger partial charge in [0.2, 0.25) is 0 Å². The Hall–Kier alpha value is -1.16. The molecule has 1 atom stereocenters. The first-order chi connectivity index (χ1) is 9.69. The van der Waals surface area contributed by atoms with E-state index in [-0.39, 0.29) is 6.04 Å². The van der Waals surface area contributed by atoms with Crippen molar-refractivity contribution in [1.29, 1.82) is 0 Å². The first-order valence-electron chi connectivity index (χ1n) is 6.82. The van der Waals surface area contributed by atoms with Gasteiger partial charge in [-0.3, -0.25) is 0 Å². The second-order valence-electron chi connectivity index (χ2n) is 5.27. The van der Waals surface area contributed by atoms with E-state index < -0.39 is 0 Å². The van der Waals surface area contributed by atoms with Crippen molar-refractivity contribution in [1.82, 2.24) is 5.32 Å². The number of hydrogen-bond donors (Lipinski definition) is 1. The molecule has 1 aliphatic rings. The number of benzene rings is 2. The lowest BCUT2D eigenvalue weighted by molar-refractivity contribution is 0.134. The second kappa shape index (κ2) is 5.68. The number of nitrogens with one attached hydrogen (secondary N) is 1. The highest BCUT2D eigenvalue weighted by Crippen LogP contribution is 2.31. The second-order valence-corrected chi connectivity index (χ2v) is 6.12. The van der Waals surface area contributed by atoms with Crippen molar-refractivity contribution in [2.24, 2.45) is 0 Å². The molecule has 1 aliphatic heterocycles.